The molecule has 0 aliphatic carbocycles. The number of anilines is 2. The van der Waals surface area contributed by atoms with Gasteiger partial charge in [-0.25, -0.2) is 4.68 Å². The lowest BCUT2D eigenvalue weighted by Crippen LogP contribution is -2.32. The van der Waals surface area contributed by atoms with Crippen molar-refractivity contribution < 1.29 is 9.59 Å². The van der Waals surface area contributed by atoms with E-state index < -0.39 is 17.4 Å². The zero-order chi connectivity index (χ0) is 24.1. The van der Waals surface area contributed by atoms with Crippen LogP contribution < -0.4 is 16.2 Å². The third-order valence-electron chi connectivity index (χ3n) is 5.13. The van der Waals surface area contributed by atoms with Crippen molar-refractivity contribution in [1.29, 1.82) is 0 Å². The zero-order valence-corrected chi connectivity index (χ0v) is 18.9. The number of aryl methyl sites for hydroxylation is 2. The predicted molar refractivity (Wildman–Crippen MR) is 133 cm³/mol. The molecule has 0 atom stereocenters. The van der Waals surface area contributed by atoms with E-state index in [0.29, 0.717) is 16.9 Å². The number of hydrogen-bond acceptors (Lipinski definition) is 4. The van der Waals surface area contributed by atoms with E-state index >= 15 is 0 Å². The molecule has 0 fully saturated rings. The molecule has 0 saturated carbocycles. The lowest BCUT2D eigenvalue weighted by atomic mass is 10.1. The summed E-state index contributed by atoms with van der Waals surface area (Å²) in [5, 5.41) is 9.88. The Bertz CT molecular complexity index is 1380. The van der Waals surface area contributed by atoms with Crippen LogP contribution in [0.5, 0.6) is 0 Å². The van der Waals surface area contributed by atoms with Crippen LogP contribution in [0.4, 0.5) is 11.4 Å². The van der Waals surface area contributed by atoms with Crippen LogP contribution in [0, 0.1) is 13.8 Å². The number of nitrogens with zero attached hydrogens (tertiary/aromatic N) is 2. The summed E-state index contributed by atoms with van der Waals surface area (Å²) in [7, 11) is 0. The van der Waals surface area contributed by atoms with Crippen LogP contribution in [0.25, 0.3) is 11.3 Å². The van der Waals surface area contributed by atoms with E-state index in [4.69, 9.17) is 0 Å². The van der Waals surface area contributed by atoms with Gasteiger partial charge in [-0.1, -0.05) is 54.6 Å². The minimum Gasteiger partial charge on any atom is -0.324 e. The van der Waals surface area contributed by atoms with Crippen LogP contribution in [-0.4, -0.2) is 21.6 Å². The molecule has 0 bridgehead atoms. The molecule has 34 heavy (non-hydrogen) atoms. The highest BCUT2D eigenvalue weighted by Gasteiger charge is 2.16. The summed E-state index contributed by atoms with van der Waals surface area (Å²) in [6.07, 6.45) is 0. The van der Waals surface area contributed by atoms with Crippen molar-refractivity contribution in [2.75, 3.05) is 10.6 Å². The first-order chi connectivity index (χ1) is 16.4. The first-order valence-corrected chi connectivity index (χ1v) is 10.8. The number of carbonyl (C=O) groups is 2. The summed E-state index contributed by atoms with van der Waals surface area (Å²) < 4.78 is 1.07. The second-order valence-electron chi connectivity index (χ2n) is 8.02. The van der Waals surface area contributed by atoms with Gasteiger partial charge in [0, 0.05) is 16.8 Å². The van der Waals surface area contributed by atoms with Gasteiger partial charge in [0.05, 0.1) is 5.69 Å². The Kier molecular flexibility index (Phi) is 6.64. The molecule has 0 unspecified atom stereocenters. The van der Waals surface area contributed by atoms with Gasteiger partial charge in [0.2, 0.25) is 5.91 Å². The molecule has 0 spiro atoms. The molecule has 0 radical (unpaired) electrons. The standard InChI is InChI=1S/C27H24N4O3/c1-18-13-19(2)15-22(14-18)28-25(32)17-31-27(34)24(29-26(33)21-11-7-4-8-12-21)16-23(30-31)20-9-5-3-6-10-20/h3-16H,17H2,1-2H3,(H,28,32)(H,29,33). The predicted octanol–water partition coefficient (Wildman–Crippen LogP) is 4.42. The van der Waals surface area contributed by atoms with Crippen LogP contribution in [0.15, 0.2) is 89.7 Å². The highest BCUT2D eigenvalue weighted by molar-refractivity contribution is 6.04. The van der Waals surface area contributed by atoms with Crippen LogP contribution >= 0.6 is 0 Å². The van der Waals surface area contributed by atoms with E-state index in [1.165, 1.54) is 6.07 Å². The molecule has 1 heterocycles. The third-order valence-corrected chi connectivity index (χ3v) is 5.13. The number of rotatable bonds is 6. The molecule has 2 N–H and O–H groups in total. The summed E-state index contributed by atoms with van der Waals surface area (Å²) in [6.45, 7) is 3.58. The van der Waals surface area contributed by atoms with E-state index in [1.807, 2.05) is 62.4 Å². The second-order valence-corrected chi connectivity index (χ2v) is 8.02. The van der Waals surface area contributed by atoms with Crippen LogP contribution in [0.2, 0.25) is 0 Å². The minimum absolute atomic E-state index is 0.0434. The van der Waals surface area contributed by atoms with Crippen molar-refractivity contribution in [3.63, 3.8) is 0 Å². The van der Waals surface area contributed by atoms with Crippen molar-refractivity contribution in [2.24, 2.45) is 0 Å². The normalized spacial score (nSPS) is 10.5. The number of amides is 2. The molecule has 4 rings (SSSR count). The molecule has 4 aromatic rings. The summed E-state index contributed by atoms with van der Waals surface area (Å²) in [5.41, 5.74) is 3.78. The molecule has 7 nitrogen and oxygen atoms in total. The fraction of sp³-hybridized carbons (Fsp3) is 0.111. The Hall–Kier alpha value is -4.52. The van der Waals surface area contributed by atoms with Gasteiger partial charge >= 0.3 is 0 Å². The van der Waals surface area contributed by atoms with E-state index in [1.54, 1.807) is 30.3 Å². The number of hydrogen-bond donors (Lipinski definition) is 2. The van der Waals surface area contributed by atoms with Gasteiger partial charge in [-0.3, -0.25) is 14.4 Å². The second kappa shape index (κ2) is 9.95. The average Bonchev–Trinajstić information content (AvgIpc) is 2.82. The maximum absolute atomic E-state index is 13.1. The third kappa shape index (κ3) is 5.45. The van der Waals surface area contributed by atoms with Crippen molar-refractivity contribution >= 4 is 23.2 Å². The van der Waals surface area contributed by atoms with Crippen LogP contribution in [-0.2, 0) is 11.3 Å². The Labute approximate surface area is 197 Å². The number of benzene rings is 3. The van der Waals surface area contributed by atoms with Crippen molar-refractivity contribution in [3.05, 3.63) is 112 Å². The zero-order valence-electron chi connectivity index (χ0n) is 18.9. The first-order valence-electron chi connectivity index (χ1n) is 10.8. The molecule has 0 aliphatic rings. The van der Waals surface area contributed by atoms with E-state index in [-0.39, 0.29) is 12.2 Å². The summed E-state index contributed by atoms with van der Waals surface area (Å²) in [5.74, 6) is -0.820. The van der Waals surface area contributed by atoms with Crippen LogP contribution in [0.1, 0.15) is 21.5 Å². The van der Waals surface area contributed by atoms with Crippen LogP contribution in [0.3, 0.4) is 0 Å². The minimum atomic E-state index is -0.570. The largest absolute Gasteiger partial charge is 0.324 e. The lowest BCUT2D eigenvalue weighted by Gasteiger charge is -2.12. The van der Waals surface area contributed by atoms with Gasteiger partial charge in [0.1, 0.15) is 12.2 Å². The van der Waals surface area contributed by atoms with Crippen molar-refractivity contribution in [3.8, 4) is 11.3 Å². The monoisotopic (exact) mass is 452 g/mol. The SMILES string of the molecule is Cc1cc(C)cc(NC(=O)Cn2nc(-c3ccccc3)cc(NC(=O)c3ccccc3)c2=O)c1. The van der Waals surface area contributed by atoms with E-state index in [0.717, 1.165) is 21.4 Å². The van der Waals surface area contributed by atoms with Crippen molar-refractivity contribution in [1.82, 2.24) is 9.78 Å². The first kappa shape index (κ1) is 22.7. The van der Waals surface area contributed by atoms with Crippen molar-refractivity contribution in [2.45, 2.75) is 20.4 Å². The molecular weight excluding hydrogens is 428 g/mol. The Balaban J connectivity index is 1.66. The molecule has 1 aromatic heterocycles. The van der Waals surface area contributed by atoms with Gasteiger partial charge in [-0.15, -0.1) is 0 Å². The maximum Gasteiger partial charge on any atom is 0.291 e. The molecule has 7 heteroatoms. The highest BCUT2D eigenvalue weighted by atomic mass is 16.2. The summed E-state index contributed by atoms with van der Waals surface area (Å²) >= 11 is 0. The van der Waals surface area contributed by atoms with E-state index in [2.05, 4.69) is 15.7 Å². The topological polar surface area (TPSA) is 93.1 Å². The molecule has 0 saturated heterocycles. The van der Waals surface area contributed by atoms with Gasteiger partial charge < -0.3 is 10.6 Å². The van der Waals surface area contributed by atoms with Gasteiger partial charge in [-0.2, -0.15) is 5.10 Å². The molecule has 3 aromatic carbocycles. The number of aromatic nitrogens is 2. The van der Waals surface area contributed by atoms with Gasteiger partial charge in [0.25, 0.3) is 11.5 Å². The van der Waals surface area contributed by atoms with Gasteiger partial charge in [-0.05, 0) is 55.3 Å². The smallest absolute Gasteiger partial charge is 0.291 e. The summed E-state index contributed by atoms with van der Waals surface area (Å²) in [4.78, 5) is 38.6. The molecule has 170 valence electrons. The maximum atomic E-state index is 13.1. The fourth-order valence-corrected chi connectivity index (χ4v) is 3.66. The summed E-state index contributed by atoms with van der Waals surface area (Å²) in [6, 6.07) is 25.1. The molecule has 2 amide bonds. The average molecular weight is 453 g/mol. The number of nitrogens with one attached hydrogen (secondary N) is 2. The fourth-order valence-electron chi connectivity index (χ4n) is 3.66. The number of carbonyl (C=O) groups excluding carboxylic acids is 2. The molecular formula is C27H24N4O3. The Morgan fingerprint density at radius 3 is 2.09 bits per heavy atom. The van der Waals surface area contributed by atoms with Gasteiger partial charge in [0.15, 0.2) is 0 Å². The quantitative estimate of drug-likeness (QED) is 0.453. The van der Waals surface area contributed by atoms with E-state index in [9.17, 15) is 14.4 Å². The highest BCUT2D eigenvalue weighted by Crippen LogP contribution is 2.19. The molecule has 0 aliphatic heterocycles. The Morgan fingerprint density at radius 1 is 0.824 bits per heavy atom. The lowest BCUT2D eigenvalue weighted by molar-refractivity contribution is -0.117. The Morgan fingerprint density at radius 2 is 1.44 bits per heavy atom.